The number of benzene rings is 2. The van der Waals surface area contributed by atoms with Gasteiger partial charge in [0.25, 0.3) is 0 Å². The van der Waals surface area contributed by atoms with E-state index >= 15 is 0 Å². The van der Waals surface area contributed by atoms with Gasteiger partial charge in [0.1, 0.15) is 29.8 Å². The van der Waals surface area contributed by atoms with Gasteiger partial charge in [0, 0.05) is 0 Å². The van der Waals surface area contributed by atoms with E-state index in [4.69, 9.17) is 4.74 Å². The van der Waals surface area contributed by atoms with Crippen LogP contribution in [0.3, 0.4) is 0 Å². The molecule has 0 spiro atoms. The quantitative estimate of drug-likeness (QED) is 0.752. The fourth-order valence-corrected chi connectivity index (χ4v) is 2.57. The second-order valence-corrected chi connectivity index (χ2v) is 5.92. The molecule has 0 bridgehead atoms. The highest BCUT2D eigenvalue weighted by Crippen LogP contribution is 2.29. The van der Waals surface area contributed by atoms with Gasteiger partial charge in [-0.05, 0) is 43.2 Å². The fourth-order valence-electron chi connectivity index (χ4n) is 2.57. The van der Waals surface area contributed by atoms with Crippen molar-refractivity contribution in [3.63, 3.8) is 0 Å². The predicted octanol–water partition coefficient (Wildman–Crippen LogP) is 3.68. The van der Waals surface area contributed by atoms with Crippen LogP contribution < -0.4 is 4.74 Å². The Morgan fingerprint density at radius 1 is 1.04 bits per heavy atom. The number of ether oxygens (including phenoxy) is 1. The van der Waals surface area contributed by atoms with Crippen molar-refractivity contribution in [3.05, 3.63) is 72.3 Å². The van der Waals surface area contributed by atoms with E-state index in [-0.39, 0.29) is 0 Å². The number of aryl methyl sites for hydroxylation is 1. The van der Waals surface area contributed by atoms with Crippen molar-refractivity contribution in [1.29, 1.82) is 0 Å². The first-order valence-electron chi connectivity index (χ1n) is 7.99. The molecule has 0 amide bonds. The first-order chi connectivity index (χ1) is 11.6. The van der Waals surface area contributed by atoms with Crippen molar-refractivity contribution in [2.75, 3.05) is 0 Å². The average molecular weight is 323 g/mol. The third-order valence-corrected chi connectivity index (χ3v) is 4.12. The van der Waals surface area contributed by atoms with Crippen molar-refractivity contribution >= 4 is 0 Å². The summed E-state index contributed by atoms with van der Waals surface area (Å²) >= 11 is 0. The molecule has 1 aromatic heterocycles. The molecule has 124 valence electrons. The van der Waals surface area contributed by atoms with E-state index in [1.54, 1.807) is 11.0 Å². The number of hydrogen-bond acceptors (Lipinski definition) is 4. The van der Waals surface area contributed by atoms with Gasteiger partial charge in [-0.25, -0.2) is 9.67 Å². The summed E-state index contributed by atoms with van der Waals surface area (Å²) in [7, 11) is 0. The summed E-state index contributed by atoms with van der Waals surface area (Å²) in [6.07, 6.45) is 3.65. The van der Waals surface area contributed by atoms with Gasteiger partial charge in [0.2, 0.25) is 0 Å². The van der Waals surface area contributed by atoms with Gasteiger partial charge in [-0.1, -0.05) is 36.8 Å². The van der Waals surface area contributed by atoms with E-state index < -0.39 is 5.60 Å². The summed E-state index contributed by atoms with van der Waals surface area (Å²) in [5, 5.41) is 15.0. The highest BCUT2D eigenvalue weighted by Gasteiger charge is 2.28. The number of rotatable bonds is 6. The summed E-state index contributed by atoms with van der Waals surface area (Å²) in [4.78, 5) is 3.92. The molecule has 1 heterocycles. The van der Waals surface area contributed by atoms with Crippen molar-refractivity contribution in [2.45, 2.75) is 32.4 Å². The zero-order valence-corrected chi connectivity index (χ0v) is 13.9. The lowest BCUT2D eigenvalue weighted by atomic mass is 9.91. The minimum Gasteiger partial charge on any atom is -0.457 e. The molecule has 0 aliphatic carbocycles. The maximum Gasteiger partial charge on any atom is 0.137 e. The molecule has 5 heteroatoms. The predicted molar refractivity (Wildman–Crippen MR) is 91.9 cm³/mol. The Balaban J connectivity index is 1.76. The van der Waals surface area contributed by atoms with Crippen LogP contribution >= 0.6 is 0 Å². The second-order valence-electron chi connectivity index (χ2n) is 5.92. The van der Waals surface area contributed by atoms with Crippen LogP contribution in [0.1, 0.15) is 24.5 Å². The SMILES string of the molecule is CCC(O)(Cn1cncn1)c1ccc(Oc2ccc(C)cc2)cc1. The van der Waals surface area contributed by atoms with Crippen LogP contribution in [0.2, 0.25) is 0 Å². The Morgan fingerprint density at radius 2 is 1.67 bits per heavy atom. The minimum absolute atomic E-state index is 0.363. The summed E-state index contributed by atoms with van der Waals surface area (Å²) in [6.45, 7) is 4.36. The van der Waals surface area contributed by atoms with Crippen LogP contribution in [0.25, 0.3) is 0 Å². The monoisotopic (exact) mass is 323 g/mol. The average Bonchev–Trinajstić information content (AvgIpc) is 3.10. The van der Waals surface area contributed by atoms with Gasteiger partial charge in [-0.3, -0.25) is 0 Å². The van der Waals surface area contributed by atoms with Crippen molar-refractivity contribution in [2.24, 2.45) is 0 Å². The van der Waals surface area contributed by atoms with Gasteiger partial charge in [-0.15, -0.1) is 0 Å². The highest BCUT2D eigenvalue weighted by molar-refractivity contribution is 5.35. The molecule has 0 aliphatic rings. The van der Waals surface area contributed by atoms with Gasteiger partial charge >= 0.3 is 0 Å². The Kier molecular flexibility index (Phi) is 4.62. The van der Waals surface area contributed by atoms with Crippen LogP contribution in [0.15, 0.2) is 61.2 Å². The fraction of sp³-hybridized carbons (Fsp3) is 0.263. The molecule has 5 nitrogen and oxygen atoms in total. The van der Waals surface area contributed by atoms with E-state index in [1.165, 1.54) is 11.9 Å². The minimum atomic E-state index is -0.990. The van der Waals surface area contributed by atoms with Crippen LogP contribution in [-0.2, 0) is 12.1 Å². The zero-order chi connectivity index (χ0) is 17.0. The van der Waals surface area contributed by atoms with Crippen LogP contribution in [0.5, 0.6) is 11.5 Å². The number of hydrogen-bond donors (Lipinski definition) is 1. The molecule has 2 aromatic carbocycles. The molecule has 0 saturated carbocycles. The second kappa shape index (κ2) is 6.84. The third kappa shape index (κ3) is 3.63. The molecule has 1 unspecified atom stereocenters. The molecule has 0 radical (unpaired) electrons. The van der Waals surface area contributed by atoms with Crippen molar-refractivity contribution in [3.8, 4) is 11.5 Å². The normalized spacial score (nSPS) is 13.5. The maximum atomic E-state index is 10.9. The number of nitrogens with zero attached hydrogens (tertiary/aromatic N) is 3. The Morgan fingerprint density at radius 3 is 2.21 bits per heavy atom. The number of aromatic nitrogens is 3. The van der Waals surface area contributed by atoms with E-state index in [9.17, 15) is 5.11 Å². The topological polar surface area (TPSA) is 60.2 Å². The lowest BCUT2D eigenvalue weighted by Crippen LogP contribution is -2.30. The lowest BCUT2D eigenvalue weighted by molar-refractivity contribution is 0.0109. The zero-order valence-electron chi connectivity index (χ0n) is 13.9. The summed E-state index contributed by atoms with van der Waals surface area (Å²) in [6, 6.07) is 15.4. The third-order valence-electron chi connectivity index (χ3n) is 4.12. The maximum absolute atomic E-state index is 10.9. The van der Waals surface area contributed by atoms with Gasteiger partial charge in [-0.2, -0.15) is 5.10 Å². The molecule has 0 saturated heterocycles. The first kappa shape index (κ1) is 16.2. The molecule has 1 atom stereocenters. The van der Waals surface area contributed by atoms with E-state index in [0.29, 0.717) is 13.0 Å². The highest BCUT2D eigenvalue weighted by atomic mass is 16.5. The molecule has 3 rings (SSSR count). The Hall–Kier alpha value is -2.66. The van der Waals surface area contributed by atoms with E-state index in [2.05, 4.69) is 10.1 Å². The summed E-state index contributed by atoms with van der Waals surface area (Å²) in [5.41, 5.74) is 1.03. The van der Waals surface area contributed by atoms with E-state index in [0.717, 1.165) is 17.1 Å². The van der Waals surface area contributed by atoms with Crippen molar-refractivity contribution < 1.29 is 9.84 Å². The largest absolute Gasteiger partial charge is 0.457 e. The van der Waals surface area contributed by atoms with Gasteiger partial charge in [0.05, 0.1) is 6.54 Å². The molecule has 3 aromatic rings. The van der Waals surface area contributed by atoms with Gasteiger partial charge in [0.15, 0.2) is 0 Å². The molecule has 24 heavy (non-hydrogen) atoms. The molecular weight excluding hydrogens is 302 g/mol. The summed E-state index contributed by atoms with van der Waals surface area (Å²) in [5.74, 6) is 1.53. The van der Waals surface area contributed by atoms with Crippen LogP contribution in [0.4, 0.5) is 0 Å². The van der Waals surface area contributed by atoms with Crippen LogP contribution in [0, 0.1) is 6.92 Å². The van der Waals surface area contributed by atoms with Crippen molar-refractivity contribution in [1.82, 2.24) is 14.8 Å². The lowest BCUT2D eigenvalue weighted by Gasteiger charge is -2.27. The van der Waals surface area contributed by atoms with Gasteiger partial charge < -0.3 is 9.84 Å². The Bertz CT molecular complexity index is 767. The molecule has 0 aliphatic heterocycles. The Labute approximate surface area is 141 Å². The molecule has 0 fully saturated rings. The summed E-state index contributed by atoms with van der Waals surface area (Å²) < 4.78 is 7.47. The molecule has 1 N–H and O–H groups in total. The van der Waals surface area contributed by atoms with Crippen LogP contribution in [-0.4, -0.2) is 19.9 Å². The van der Waals surface area contributed by atoms with E-state index in [1.807, 2.05) is 62.4 Å². The molecular formula is C19H21N3O2. The number of aliphatic hydroxyl groups is 1. The standard InChI is InChI=1S/C19H21N3O2/c1-3-19(23,12-22-14-20-13-21-22)16-6-10-18(11-7-16)24-17-8-4-15(2)5-9-17/h4-11,13-14,23H,3,12H2,1-2H3. The first-order valence-corrected chi connectivity index (χ1v) is 7.99. The smallest absolute Gasteiger partial charge is 0.137 e.